The number of rotatable bonds is 3. The molecular formula is C9H11IN4OS. The molecule has 0 spiro atoms. The number of aliphatic hydroxyl groups excluding tert-OH is 1. The van der Waals surface area contributed by atoms with Gasteiger partial charge < -0.3 is 16.2 Å². The number of aliphatic hydroxyl groups is 1. The summed E-state index contributed by atoms with van der Waals surface area (Å²) < 4.78 is 2.10. The Kier molecular flexibility index (Phi) is 3.45. The maximum Gasteiger partial charge on any atom is 0.222 e. The van der Waals surface area contributed by atoms with E-state index in [-0.39, 0.29) is 5.95 Å². The second kappa shape index (κ2) is 4.68. The molecule has 0 aliphatic carbocycles. The Labute approximate surface area is 110 Å². The molecule has 0 saturated carbocycles. The van der Waals surface area contributed by atoms with Gasteiger partial charge in [0.15, 0.2) is 0 Å². The van der Waals surface area contributed by atoms with E-state index in [2.05, 4.69) is 37.9 Å². The third-order valence-electron chi connectivity index (χ3n) is 1.92. The zero-order valence-corrected chi connectivity index (χ0v) is 11.5. The van der Waals surface area contributed by atoms with Crippen LogP contribution in [0.15, 0.2) is 6.07 Å². The van der Waals surface area contributed by atoms with Gasteiger partial charge >= 0.3 is 0 Å². The molecule has 86 valence electrons. The van der Waals surface area contributed by atoms with Gasteiger partial charge in [0.2, 0.25) is 5.95 Å². The van der Waals surface area contributed by atoms with Crippen LogP contribution >= 0.6 is 33.9 Å². The van der Waals surface area contributed by atoms with Crippen LogP contribution in [0.2, 0.25) is 0 Å². The van der Waals surface area contributed by atoms with E-state index in [1.165, 1.54) is 0 Å². The van der Waals surface area contributed by atoms with Crippen molar-refractivity contribution < 1.29 is 5.11 Å². The SMILES string of the molecule is C[C@H](O)CNc1nc(N)nc2cc(I)sc12. The molecule has 0 aliphatic rings. The van der Waals surface area contributed by atoms with Crippen LogP contribution < -0.4 is 11.1 Å². The predicted octanol–water partition coefficient (Wildman–Crippen LogP) is 1.67. The van der Waals surface area contributed by atoms with E-state index in [0.717, 1.165) is 13.1 Å². The van der Waals surface area contributed by atoms with Gasteiger partial charge in [0.05, 0.1) is 19.2 Å². The van der Waals surface area contributed by atoms with Gasteiger partial charge in [-0.15, -0.1) is 11.3 Å². The maximum absolute atomic E-state index is 9.23. The predicted molar refractivity (Wildman–Crippen MR) is 74.7 cm³/mol. The Balaban J connectivity index is 2.41. The van der Waals surface area contributed by atoms with Crippen LogP contribution in [0.3, 0.4) is 0 Å². The van der Waals surface area contributed by atoms with Gasteiger partial charge in [-0.1, -0.05) is 0 Å². The van der Waals surface area contributed by atoms with Crippen LogP contribution in [0, 0.1) is 2.88 Å². The summed E-state index contributed by atoms with van der Waals surface area (Å²) in [5.41, 5.74) is 6.46. The largest absolute Gasteiger partial charge is 0.392 e. The zero-order valence-electron chi connectivity index (χ0n) is 8.57. The van der Waals surface area contributed by atoms with Crippen LogP contribution in [0.25, 0.3) is 10.2 Å². The molecule has 2 aromatic rings. The van der Waals surface area contributed by atoms with Gasteiger partial charge in [0.1, 0.15) is 5.82 Å². The lowest BCUT2D eigenvalue weighted by atomic mass is 10.4. The third-order valence-corrected chi connectivity index (χ3v) is 3.82. The summed E-state index contributed by atoms with van der Waals surface area (Å²) in [5, 5.41) is 12.3. The van der Waals surface area contributed by atoms with Crippen molar-refractivity contribution in [2.45, 2.75) is 13.0 Å². The molecule has 7 heteroatoms. The molecular weight excluding hydrogens is 339 g/mol. The molecule has 0 amide bonds. The van der Waals surface area contributed by atoms with Crippen molar-refractivity contribution in [2.24, 2.45) is 0 Å². The van der Waals surface area contributed by atoms with E-state index >= 15 is 0 Å². The Hall–Kier alpha value is -0.670. The first-order valence-corrected chi connectivity index (χ1v) is 6.60. The summed E-state index contributed by atoms with van der Waals surface area (Å²) in [5.74, 6) is 0.936. The Morgan fingerprint density at radius 2 is 2.38 bits per heavy atom. The number of halogens is 1. The maximum atomic E-state index is 9.23. The molecule has 16 heavy (non-hydrogen) atoms. The first-order chi connectivity index (χ1) is 7.56. The van der Waals surface area contributed by atoms with Crippen molar-refractivity contribution in [2.75, 3.05) is 17.6 Å². The molecule has 1 atom stereocenters. The summed E-state index contributed by atoms with van der Waals surface area (Å²) in [6.45, 7) is 2.16. The highest BCUT2D eigenvalue weighted by Gasteiger charge is 2.10. The Morgan fingerprint density at radius 3 is 3.06 bits per heavy atom. The first kappa shape index (κ1) is 11.8. The fraction of sp³-hybridized carbons (Fsp3) is 0.333. The number of nitrogens with two attached hydrogens (primary N) is 1. The highest BCUT2D eigenvalue weighted by Crippen LogP contribution is 2.30. The number of nitrogens with one attached hydrogen (secondary N) is 1. The van der Waals surface area contributed by atoms with Crippen molar-refractivity contribution in [1.82, 2.24) is 9.97 Å². The van der Waals surface area contributed by atoms with Crippen LogP contribution in [-0.2, 0) is 0 Å². The van der Waals surface area contributed by atoms with Crippen molar-refractivity contribution in [3.63, 3.8) is 0 Å². The van der Waals surface area contributed by atoms with Crippen molar-refractivity contribution in [3.05, 3.63) is 8.95 Å². The van der Waals surface area contributed by atoms with Crippen LogP contribution in [0.5, 0.6) is 0 Å². The molecule has 0 saturated heterocycles. The summed E-state index contributed by atoms with van der Waals surface area (Å²) in [6.07, 6.45) is -0.426. The minimum absolute atomic E-state index is 0.245. The van der Waals surface area contributed by atoms with Crippen LogP contribution in [0.4, 0.5) is 11.8 Å². The first-order valence-electron chi connectivity index (χ1n) is 4.71. The van der Waals surface area contributed by atoms with E-state index in [1.54, 1.807) is 18.3 Å². The standard InChI is InChI=1S/C9H11IN4OS/c1-4(15)3-12-8-7-5(2-6(10)16-7)13-9(11)14-8/h2,4,15H,3H2,1H3,(H3,11,12,13,14)/t4-/m0/s1. The van der Waals surface area contributed by atoms with Gasteiger partial charge in [-0.3, -0.25) is 0 Å². The fourth-order valence-corrected chi connectivity index (χ4v) is 3.03. The summed E-state index contributed by atoms with van der Waals surface area (Å²) >= 11 is 3.84. The van der Waals surface area contributed by atoms with E-state index in [1.807, 2.05) is 6.07 Å². The smallest absolute Gasteiger partial charge is 0.222 e. The number of fused-ring (bicyclic) bond motifs is 1. The molecule has 0 radical (unpaired) electrons. The number of nitrogen functional groups attached to an aromatic ring is 1. The molecule has 2 rings (SSSR count). The normalized spacial score (nSPS) is 12.9. The monoisotopic (exact) mass is 350 g/mol. The lowest BCUT2D eigenvalue weighted by molar-refractivity contribution is 0.208. The average Bonchev–Trinajstić information content (AvgIpc) is 2.54. The number of hydrogen-bond acceptors (Lipinski definition) is 6. The second-order valence-electron chi connectivity index (χ2n) is 3.43. The number of hydrogen-bond donors (Lipinski definition) is 3. The Bertz CT molecular complexity index is 513. The molecule has 0 aromatic carbocycles. The highest BCUT2D eigenvalue weighted by atomic mass is 127. The average molecular weight is 350 g/mol. The third kappa shape index (κ3) is 2.53. The number of thiophene rings is 1. The quantitative estimate of drug-likeness (QED) is 0.734. The Morgan fingerprint density at radius 1 is 1.62 bits per heavy atom. The molecule has 0 bridgehead atoms. The topological polar surface area (TPSA) is 84.1 Å². The molecule has 2 heterocycles. The van der Waals surface area contributed by atoms with E-state index < -0.39 is 6.10 Å². The summed E-state index contributed by atoms with van der Waals surface area (Å²) in [4.78, 5) is 8.29. The van der Waals surface area contributed by atoms with Gasteiger partial charge in [-0.25, -0.2) is 4.98 Å². The molecule has 5 nitrogen and oxygen atoms in total. The molecule has 0 unspecified atom stereocenters. The van der Waals surface area contributed by atoms with Gasteiger partial charge in [0.25, 0.3) is 0 Å². The van der Waals surface area contributed by atoms with Crippen molar-refractivity contribution >= 4 is 55.9 Å². The number of anilines is 2. The number of nitrogens with zero attached hydrogens (tertiary/aromatic N) is 2. The molecule has 0 aliphatic heterocycles. The second-order valence-corrected chi connectivity index (χ2v) is 6.37. The van der Waals surface area contributed by atoms with Crippen LogP contribution in [-0.4, -0.2) is 27.7 Å². The van der Waals surface area contributed by atoms with Gasteiger partial charge in [-0.05, 0) is 35.6 Å². The van der Waals surface area contributed by atoms with Crippen LogP contribution in [0.1, 0.15) is 6.92 Å². The number of aromatic nitrogens is 2. The summed E-state index contributed by atoms with van der Waals surface area (Å²) in [7, 11) is 0. The fourth-order valence-electron chi connectivity index (χ4n) is 1.28. The van der Waals surface area contributed by atoms with Gasteiger partial charge in [0, 0.05) is 6.54 Å². The minimum atomic E-state index is -0.426. The van der Waals surface area contributed by atoms with E-state index in [4.69, 9.17) is 5.73 Å². The highest BCUT2D eigenvalue weighted by molar-refractivity contribution is 14.1. The van der Waals surface area contributed by atoms with Crippen molar-refractivity contribution in [1.29, 1.82) is 0 Å². The summed E-state index contributed by atoms with van der Waals surface area (Å²) in [6, 6.07) is 1.96. The van der Waals surface area contributed by atoms with Crippen molar-refractivity contribution in [3.8, 4) is 0 Å². The van der Waals surface area contributed by atoms with E-state index in [9.17, 15) is 5.11 Å². The molecule has 4 N–H and O–H groups in total. The molecule has 0 fully saturated rings. The lowest BCUT2D eigenvalue weighted by Crippen LogP contribution is -2.16. The molecule has 2 aromatic heterocycles. The lowest BCUT2D eigenvalue weighted by Gasteiger charge is -2.08. The zero-order chi connectivity index (χ0) is 11.7. The van der Waals surface area contributed by atoms with E-state index in [0.29, 0.717) is 12.4 Å². The van der Waals surface area contributed by atoms with Gasteiger partial charge in [-0.2, -0.15) is 4.98 Å². The minimum Gasteiger partial charge on any atom is -0.392 e.